The minimum atomic E-state index is -0.312. The van der Waals surface area contributed by atoms with Gasteiger partial charge in [0.05, 0.1) is 24.8 Å². The molecule has 0 spiro atoms. The van der Waals surface area contributed by atoms with Crippen molar-refractivity contribution >= 4 is 11.8 Å². The van der Waals surface area contributed by atoms with E-state index in [1.807, 2.05) is 17.0 Å². The third kappa shape index (κ3) is 5.87. The molecule has 2 aromatic carbocycles. The summed E-state index contributed by atoms with van der Waals surface area (Å²) in [4.78, 5) is 20.1. The number of rotatable bonds is 9. The normalized spacial score (nSPS) is 14.3. The number of hydrogen-bond acceptors (Lipinski definition) is 6. The fourth-order valence-electron chi connectivity index (χ4n) is 4.38. The Morgan fingerprint density at radius 1 is 1.11 bits per heavy atom. The number of halogens is 1. The number of nitrogens with zero attached hydrogens (tertiary/aromatic N) is 4. The maximum Gasteiger partial charge on any atom is 0.257 e. The van der Waals surface area contributed by atoms with Crippen molar-refractivity contribution in [1.82, 2.24) is 15.0 Å². The standard InChI is InChI=1S/C28H35FN4O3/c1-20(2)13-14-33(27(34)23-7-5-6-8-25(23)35-4)19-24-26(21-9-11-22(29)12-10-21)30-36-28(24)32-17-15-31(3)16-18-32/h5-12,20H,13-19H2,1-4H3. The van der Waals surface area contributed by atoms with Crippen LogP contribution in [-0.2, 0) is 6.54 Å². The first-order valence-electron chi connectivity index (χ1n) is 12.5. The molecule has 1 aromatic heterocycles. The summed E-state index contributed by atoms with van der Waals surface area (Å²) in [6.07, 6.45) is 0.849. The molecular formula is C28H35FN4O3. The van der Waals surface area contributed by atoms with Crippen molar-refractivity contribution in [1.29, 1.82) is 0 Å². The van der Waals surface area contributed by atoms with Gasteiger partial charge in [0, 0.05) is 38.3 Å². The number of para-hydroxylation sites is 1. The highest BCUT2D eigenvalue weighted by atomic mass is 19.1. The fraction of sp³-hybridized carbons (Fsp3) is 0.429. The zero-order chi connectivity index (χ0) is 25.7. The van der Waals surface area contributed by atoms with Crippen LogP contribution in [0.5, 0.6) is 5.75 Å². The summed E-state index contributed by atoms with van der Waals surface area (Å²) >= 11 is 0. The number of carbonyl (C=O) groups excluding carboxylic acids is 1. The number of piperazine rings is 1. The maximum atomic E-state index is 13.8. The Hall–Kier alpha value is -3.39. The summed E-state index contributed by atoms with van der Waals surface area (Å²) in [5.74, 6) is 1.22. The molecule has 2 heterocycles. The van der Waals surface area contributed by atoms with E-state index in [9.17, 15) is 9.18 Å². The number of likely N-dealkylation sites (N-methyl/N-ethyl adjacent to an activating group) is 1. The van der Waals surface area contributed by atoms with Crippen molar-refractivity contribution in [3.63, 3.8) is 0 Å². The molecule has 0 aliphatic carbocycles. The van der Waals surface area contributed by atoms with Crippen LogP contribution in [0.2, 0.25) is 0 Å². The van der Waals surface area contributed by atoms with Gasteiger partial charge in [0.15, 0.2) is 0 Å². The van der Waals surface area contributed by atoms with Crippen LogP contribution in [0.1, 0.15) is 36.2 Å². The second-order valence-corrected chi connectivity index (χ2v) is 9.72. The van der Waals surface area contributed by atoms with Crippen molar-refractivity contribution in [3.8, 4) is 17.0 Å². The number of benzene rings is 2. The Labute approximate surface area is 212 Å². The molecule has 36 heavy (non-hydrogen) atoms. The highest BCUT2D eigenvalue weighted by molar-refractivity contribution is 5.97. The zero-order valence-corrected chi connectivity index (χ0v) is 21.5. The quantitative estimate of drug-likeness (QED) is 0.420. The molecule has 192 valence electrons. The maximum absolute atomic E-state index is 13.8. The Balaban J connectivity index is 1.74. The fourth-order valence-corrected chi connectivity index (χ4v) is 4.38. The second kappa shape index (κ2) is 11.6. The van der Waals surface area contributed by atoms with Crippen LogP contribution in [0.3, 0.4) is 0 Å². The summed E-state index contributed by atoms with van der Waals surface area (Å²) in [6.45, 7) is 8.59. The van der Waals surface area contributed by atoms with Crippen LogP contribution in [0.4, 0.5) is 10.3 Å². The second-order valence-electron chi connectivity index (χ2n) is 9.72. The lowest BCUT2D eigenvalue weighted by atomic mass is 10.0. The van der Waals surface area contributed by atoms with E-state index in [-0.39, 0.29) is 11.7 Å². The number of aromatic nitrogens is 1. The van der Waals surface area contributed by atoms with Crippen LogP contribution in [-0.4, -0.2) is 67.7 Å². The van der Waals surface area contributed by atoms with Gasteiger partial charge in [-0.2, -0.15) is 0 Å². The van der Waals surface area contributed by atoms with Crippen LogP contribution >= 0.6 is 0 Å². The van der Waals surface area contributed by atoms with E-state index < -0.39 is 0 Å². The highest BCUT2D eigenvalue weighted by Gasteiger charge is 2.29. The predicted octanol–water partition coefficient (Wildman–Crippen LogP) is 4.93. The third-order valence-electron chi connectivity index (χ3n) is 6.63. The van der Waals surface area contributed by atoms with Crippen molar-refractivity contribution in [2.75, 3.05) is 51.8 Å². The topological polar surface area (TPSA) is 62.1 Å². The smallest absolute Gasteiger partial charge is 0.257 e. The molecule has 0 N–H and O–H groups in total. The number of amides is 1. The average molecular weight is 495 g/mol. The SMILES string of the molecule is COc1ccccc1C(=O)N(CCC(C)C)Cc1c(-c2ccc(F)cc2)noc1N1CCN(C)CC1. The molecule has 1 aliphatic heterocycles. The molecular weight excluding hydrogens is 459 g/mol. The van der Waals surface area contributed by atoms with Crippen LogP contribution < -0.4 is 9.64 Å². The Morgan fingerprint density at radius 2 is 1.81 bits per heavy atom. The lowest BCUT2D eigenvalue weighted by Gasteiger charge is -2.33. The van der Waals surface area contributed by atoms with E-state index in [4.69, 9.17) is 9.26 Å². The largest absolute Gasteiger partial charge is 0.496 e. The minimum Gasteiger partial charge on any atom is -0.496 e. The van der Waals surface area contributed by atoms with Gasteiger partial charge in [-0.3, -0.25) is 4.79 Å². The van der Waals surface area contributed by atoms with Gasteiger partial charge < -0.3 is 24.0 Å². The van der Waals surface area contributed by atoms with Crippen molar-refractivity contribution in [3.05, 3.63) is 65.5 Å². The van der Waals surface area contributed by atoms with Gasteiger partial charge in [0.2, 0.25) is 5.88 Å². The number of methoxy groups -OCH3 is 1. The highest BCUT2D eigenvalue weighted by Crippen LogP contribution is 2.34. The lowest BCUT2D eigenvalue weighted by Crippen LogP contribution is -2.45. The van der Waals surface area contributed by atoms with Gasteiger partial charge in [0.1, 0.15) is 17.3 Å². The molecule has 3 aromatic rings. The molecule has 1 aliphatic rings. The Kier molecular flexibility index (Phi) is 8.25. The first-order chi connectivity index (χ1) is 17.4. The van der Waals surface area contributed by atoms with Crippen molar-refractivity contribution < 1.29 is 18.4 Å². The molecule has 0 radical (unpaired) electrons. The van der Waals surface area contributed by atoms with E-state index in [0.717, 1.165) is 43.7 Å². The predicted molar refractivity (Wildman–Crippen MR) is 139 cm³/mol. The molecule has 4 rings (SSSR count). The summed E-state index contributed by atoms with van der Waals surface area (Å²) in [6, 6.07) is 13.5. The molecule has 8 heteroatoms. The molecule has 1 amide bonds. The minimum absolute atomic E-state index is 0.108. The van der Waals surface area contributed by atoms with Gasteiger partial charge in [0.25, 0.3) is 5.91 Å². The monoisotopic (exact) mass is 494 g/mol. The molecule has 0 atom stereocenters. The van der Waals surface area contributed by atoms with Gasteiger partial charge >= 0.3 is 0 Å². The van der Waals surface area contributed by atoms with Crippen LogP contribution in [0.15, 0.2) is 53.1 Å². The van der Waals surface area contributed by atoms with Crippen molar-refractivity contribution in [2.24, 2.45) is 5.92 Å². The van der Waals surface area contributed by atoms with E-state index in [0.29, 0.717) is 41.9 Å². The number of hydrogen-bond donors (Lipinski definition) is 0. The average Bonchev–Trinajstić information content (AvgIpc) is 3.30. The van der Waals surface area contributed by atoms with Crippen molar-refractivity contribution in [2.45, 2.75) is 26.8 Å². The van der Waals surface area contributed by atoms with E-state index in [2.05, 4.69) is 35.9 Å². The number of ether oxygens (including phenoxy) is 1. The van der Waals surface area contributed by atoms with E-state index in [1.165, 1.54) is 12.1 Å². The number of carbonyl (C=O) groups is 1. The molecule has 0 unspecified atom stereocenters. The third-order valence-corrected chi connectivity index (χ3v) is 6.63. The number of anilines is 1. The Bertz CT molecular complexity index is 1150. The molecule has 0 saturated carbocycles. The van der Waals surface area contributed by atoms with Crippen LogP contribution in [0, 0.1) is 11.7 Å². The van der Waals surface area contributed by atoms with Gasteiger partial charge in [-0.25, -0.2) is 4.39 Å². The molecule has 1 fully saturated rings. The van der Waals surface area contributed by atoms with Gasteiger partial charge in [-0.15, -0.1) is 0 Å². The van der Waals surface area contributed by atoms with Crippen LogP contribution in [0.25, 0.3) is 11.3 Å². The van der Waals surface area contributed by atoms with Gasteiger partial charge in [-0.05, 0) is 55.8 Å². The zero-order valence-electron chi connectivity index (χ0n) is 21.5. The Morgan fingerprint density at radius 3 is 2.47 bits per heavy atom. The summed E-state index contributed by atoms with van der Waals surface area (Å²) in [5.41, 5.74) is 2.73. The molecule has 1 saturated heterocycles. The summed E-state index contributed by atoms with van der Waals surface area (Å²) < 4.78 is 25.1. The summed E-state index contributed by atoms with van der Waals surface area (Å²) in [5, 5.41) is 4.41. The van der Waals surface area contributed by atoms with Gasteiger partial charge in [-0.1, -0.05) is 31.1 Å². The van der Waals surface area contributed by atoms with E-state index in [1.54, 1.807) is 31.4 Å². The summed E-state index contributed by atoms with van der Waals surface area (Å²) in [7, 11) is 3.67. The van der Waals surface area contributed by atoms with E-state index >= 15 is 0 Å². The molecule has 0 bridgehead atoms. The first kappa shape index (κ1) is 25.7. The lowest BCUT2D eigenvalue weighted by molar-refractivity contribution is 0.0732. The molecule has 7 nitrogen and oxygen atoms in total. The first-order valence-corrected chi connectivity index (χ1v) is 12.5.